The molecule has 2 nitrogen and oxygen atoms in total. The van der Waals surface area contributed by atoms with Crippen LogP contribution in [0.15, 0.2) is 53.1 Å². The van der Waals surface area contributed by atoms with E-state index in [0.29, 0.717) is 0 Å². The summed E-state index contributed by atoms with van der Waals surface area (Å²) in [5.41, 5.74) is 10.9. The van der Waals surface area contributed by atoms with E-state index < -0.39 is 0 Å². The van der Waals surface area contributed by atoms with Gasteiger partial charge in [-0.05, 0) is 58.1 Å². The lowest BCUT2D eigenvalue weighted by Crippen LogP contribution is -2.20. The fourth-order valence-electron chi connectivity index (χ4n) is 6.56. The minimum absolute atomic E-state index is 0.136. The van der Waals surface area contributed by atoms with Gasteiger partial charge in [-0.3, -0.25) is 4.98 Å². The maximum absolute atomic E-state index is 6.94. The molecule has 5 aromatic rings. The van der Waals surface area contributed by atoms with Gasteiger partial charge in [0, 0.05) is 28.1 Å². The first-order chi connectivity index (χ1) is 17.2. The van der Waals surface area contributed by atoms with Gasteiger partial charge in [0.25, 0.3) is 0 Å². The second kappa shape index (κ2) is 7.69. The van der Waals surface area contributed by atoms with E-state index in [9.17, 15) is 0 Å². The Morgan fingerprint density at radius 3 is 2.16 bits per heavy atom. The van der Waals surface area contributed by atoms with Gasteiger partial charge >= 0.3 is 0 Å². The molecule has 37 heavy (non-hydrogen) atoms. The number of pyridine rings is 1. The Labute approximate surface area is 221 Å². The van der Waals surface area contributed by atoms with E-state index >= 15 is 0 Å². The molecular weight excluding hydrogens is 450 g/mol. The van der Waals surface area contributed by atoms with Crippen LogP contribution in [0.3, 0.4) is 0 Å². The minimum Gasteiger partial charge on any atom is -0.455 e. The maximum Gasteiger partial charge on any atom is 0.142 e. The van der Waals surface area contributed by atoms with Gasteiger partial charge in [-0.15, -0.1) is 0 Å². The van der Waals surface area contributed by atoms with Crippen molar-refractivity contribution in [2.45, 2.75) is 80.6 Å². The summed E-state index contributed by atoms with van der Waals surface area (Å²) in [4.78, 5) is 5.21. The molecule has 0 N–H and O–H groups in total. The molecule has 0 bridgehead atoms. The number of hydrogen-bond acceptors (Lipinski definition) is 2. The van der Waals surface area contributed by atoms with Crippen molar-refractivity contribution in [2.24, 2.45) is 10.8 Å². The third kappa shape index (κ3) is 3.79. The molecule has 0 aliphatic heterocycles. The zero-order valence-corrected chi connectivity index (χ0v) is 23.9. The molecule has 0 amide bonds. The van der Waals surface area contributed by atoms with E-state index in [1.54, 1.807) is 0 Å². The van der Waals surface area contributed by atoms with Crippen LogP contribution in [0.25, 0.3) is 44.0 Å². The monoisotopic (exact) mass is 489 g/mol. The smallest absolute Gasteiger partial charge is 0.142 e. The van der Waals surface area contributed by atoms with Crippen molar-refractivity contribution in [2.75, 3.05) is 0 Å². The van der Waals surface area contributed by atoms with Crippen LogP contribution >= 0.6 is 0 Å². The van der Waals surface area contributed by atoms with Crippen LogP contribution in [-0.2, 0) is 18.3 Å². The quantitative estimate of drug-likeness (QED) is 0.246. The molecule has 1 aliphatic rings. The van der Waals surface area contributed by atoms with Crippen LogP contribution in [0.2, 0.25) is 0 Å². The molecule has 0 saturated heterocycles. The Kier molecular flexibility index (Phi) is 5.04. The van der Waals surface area contributed by atoms with E-state index in [1.807, 2.05) is 0 Å². The zero-order chi connectivity index (χ0) is 26.5. The molecule has 2 aromatic heterocycles. The summed E-state index contributed by atoms with van der Waals surface area (Å²) in [7, 11) is 0. The number of rotatable bonds is 2. The van der Waals surface area contributed by atoms with E-state index in [4.69, 9.17) is 9.40 Å². The summed E-state index contributed by atoms with van der Waals surface area (Å²) >= 11 is 0. The second-order valence-electron chi connectivity index (χ2n) is 14.2. The SMILES string of the molecule is Cc1ccc2c3c(ccc2c1)-c1ncc(CC(C)(C)C)c2oc4c(CC(C)(C)C)ccc(c4c12)C3(C)C. The molecule has 0 fully saturated rings. The summed E-state index contributed by atoms with van der Waals surface area (Å²) in [6.07, 6.45) is 3.97. The van der Waals surface area contributed by atoms with Crippen LogP contribution in [0.5, 0.6) is 0 Å². The summed E-state index contributed by atoms with van der Waals surface area (Å²) in [6.45, 7) is 20.7. The standard InChI is InChI=1S/C35H39NO/c1-20-10-13-24-21(16-20)11-14-25-29(24)35(8,9)26-15-12-22(17-33(2,3)4)31-27(26)28-30(25)36-19-23(32(28)37-31)18-34(5,6)7/h10-16,19H,17-18H2,1-9H3. The molecule has 2 heteroatoms. The van der Waals surface area contributed by atoms with Gasteiger partial charge in [0.1, 0.15) is 11.2 Å². The molecule has 3 aromatic carbocycles. The van der Waals surface area contributed by atoms with Crippen LogP contribution in [-0.4, -0.2) is 4.98 Å². The largest absolute Gasteiger partial charge is 0.455 e. The van der Waals surface area contributed by atoms with Crippen molar-refractivity contribution in [1.82, 2.24) is 4.98 Å². The Morgan fingerprint density at radius 1 is 0.784 bits per heavy atom. The highest BCUT2D eigenvalue weighted by Crippen LogP contribution is 2.52. The van der Waals surface area contributed by atoms with Crippen molar-refractivity contribution >= 4 is 32.7 Å². The molecule has 190 valence electrons. The van der Waals surface area contributed by atoms with Gasteiger partial charge in [-0.2, -0.15) is 0 Å². The molecule has 0 atom stereocenters. The van der Waals surface area contributed by atoms with Gasteiger partial charge < -0.3 is 4.42 Å². The molecule has 1 aliphatic carbocycles. The van der Waals surface area contributed by atoms with Gasteiger partial charge in [0.05, 0.1) is 11.1 Å². The topological polar surface area (TPSA) is 26.0 Å². The van der Waals surface area contributed by atoms with Crippen molar-refractivity contribution in [3.05, 3.63) is 76.5 Å². The maximum atomic E-state index is 6.94. The lowest BCUT2D eigenvalue weighted by molar-refractivity contribution is 0.408. The van der Waals surface area contributed by atoms with Gasteiger partial charge in [0.15, 0.2) is 0 Å². The third-order valence-corrected chi connectivity index (χ3v) is 7.97. The summed E-state index contributed by atoms with van der Waals surface area (Å²) < 4.78 is 6.94. The predicted molar refractivity (Wildman–Crippen MR) is 158 cm³/mol. The first-order valence-corrected chi connectivity index (χ1v) is 13.7. The second-order valence-corrected chi connectivity index (χ2v) is 14.2. The number of furan rings is 1. The molecule has 0 spiro atoms. The van der Waals surface area contributed by atoms with Crippen LogP contribution in [0, 0.1) is 17.8 Å². The average molecular weight is 490 g/mol. The van der Waals surface area contributed by atoms with E-state index in [1.165, 1.54) is 54.9 Å². The molecule has 0 radical (unpaired) electrons. The van der Waals surface area contributed by atoms with E-state index in [2.05, 4.69) is 111 Å². The van der Waals surface area contributed by atoms with E-state index in [0.717, 1.165) is 29.7 Å². The number of hydrogen-bond donors (Lipinski definition) is 0. The molecule has 6 rings (SSSR count). The zero-order valence-electron chi connectivity index (χ0n) is 23.9. The molecule has 0 saturated carbocycles. The van der Waals surface area contributed by atoms with Crippen LogP contribution in [0.1, 0.15) is 83.2 Å². The highest BCUT2D eigenvalue weighted by atomic mass is 16.3. The Morgan fingerprint density at radius 2 is 1.46 bits per heavy atom. The first kappa shape index (κ1) is 24.2. The normalized spacial score (nSPS) is 15.1. The Hall–Kier alpha value is -3.13. The molecule has 2 heterocycles. The van der Waals surface area contributed by atoms with Gasteiger partial charge in [-0.25, -0.2) is 0 Å². The lowest BCUT2D eigenvalue weighted by atomic mass is 9.73. The molecule has 0 unspecified atom stereocenters. The molecular formula is C35H39NO. The van der Waals surface area contributed by atoms with Gasteiger partial charge in [-0.1, -0.05) is 103 Å². The predicted octanol–water partition coefficient (Wildman–Crippen LogP) is 9.93. The van der Waals surface area contributed by atoms with Crippen LogP contribution < -0.4 is 0 Å². The number of nitrogens with zero attached hydrogens (tertiary/aromatic N) is 1. The van der Waals surface area contributed by atoms with Gasteiger partial charge in [0.2, 0.25) is 0 Å². The summed E-state index contributed by atoms with van der Waals surface area (Å²) in [6, 6.07) is 16.1. The number of aryl methyl sites for hydroxylation is 1. The number of benzene rings is 3. The highest BCUT2D eigenvalue weighted by Gasteiger charge is 2.37. The van der Waals surface area contributed by atoms with Crippen LogP contribution in [0.4, 0.5) is 0 Å². The van der Waals surface area contributed by atoms with Crippen molar-refractivity contribution < 1.29 is 4.42 Å². The lowest BCUT2D eigenvalue weighted by Gasteiger charge is -2.30. The first-order valence-electron chi connectivity index (χ1n) is 13.7. The summed E-state index contributed by atoms with van der Waals surface area (Å²) in [5, 5.41) is 5.06. The third-order valence-electron chi connectivity index (χ3n) is 7.97. The van der Waals surface area contributed by atoms with Crippen molar-refractivity contribution in [1.29, 1.82) is 0 Å². The van der Waals surface area contributed by atoms with Crippen molar-refractivity contribution in [3.63, 3.8) is 0 Å². The number of aromatic nitrogens is 1. The van der Waals surface area contributed by atoms with Crippen molar-refractivity contribution in [3.8, 4) is 11.3 Å². The Balaban J connectivity index is 1.80. The fraction of sp³-hybridized carbons (Fsp3) is 0.400. The summed E-state index contributed by atoms with van der Waals surface area (Å²) in [5.74, 6) is 0. The minimum atomic E-state index is -0.218. The fourth-order valence-corrected chi connectivity index (χ4v) is 6.56. The number of fused-ring (bicyclic) bond motifs is 4. The average Bonchev–Trinajstić information content (AvgIpc) is 3.15. The van der Waals surface area contributed by atoms with E-state index in [-0.39, 0.29) is 16.2 Å². The highest BCUT2D eigenvalue weighted by molar-refractivity contribution is 6.17. The Bertz CT molecular complexity index is 1720.